The molecule has 2 N–H and O–H groups in total. The average molecular weight is 351 g/mol. The number of quaternary nitrogens is 2. The Hall–Kier alpha value is -1.31. The molecule has 0 amide bonds. The van der Waals surface area contributed by atoms with Crippen molar-refractivity contribution < 1.29 is 14.5 Å². The summed E-state index contributed by atoms with van der Waals surface area (Å²) in [4.78, 5) is 3.27. The van der Waals surface area contributed by atoms with Crippen LogP contribution in [0.1, 0.15) is 45.0 Å². The van der Waals surface area contributed by atoms with Crippen molar-refractivity contribution >= 4 is 0 Å². The van der Waals surface area contributed by atoms with Crippen LogP contribution < -0.4 is 9.80 Å². The summed E-state index contributed by atoms with van der Waals surface area (Å²) in [7, 11) is 0. The summed E-state index contributed by atoms with van der Waals surface area (Å²) in [6, 6.07) is 0.377. The maximum atomic E-state index is 5.79. The van der Waals surface area contributed by atoms with Gasteiger partial charge in [0.15, 0.2) is 6.04 Å². The highest BCUT2D eigenvalue weighted by Gasteiger charge is 2.34. The Bertz CT molecular complexity index is 531. The Kier molecular flexibility index (Phi) is 6.56. The lowest BCUT2D eigenvalue weighted by molar-refractivity contribution is -1.03. The molecular weight excluding hydrogens is 316 g/mol. The van der Waals surface area contributed by atoms with Crippen molar-refractivity contribution in [2.75, 3.05) is 39.3 Å². The van der Waals surface area contributed by atoms with E-state index in [-0.39, 0.29) is 6.10 Å². The second-order valence-electron chi connectivity index (χ2n) is 7.94. The van der Waals surface area contributed by atoms with Crippen LogP contribution in [-0.2, 0) is 11.3 Å². The molecular formula is C18H34N6O+2. The number of piperazine rings is 1. The molecule has 2 aliphatic heterocycles. The third-order valence-electron chi connectivity index (χ3n) is 5.50. The molecule has 2 atom stereocenters. The Morgan fingerprint density at radius 3 is 2.76 bits per heavy atom. The number of aromatic nitrogens is 4. The molecule has 2 fully saturated rings. The summed E-state index contributed by atoms with van der Waals surface area (Å²) < 4.78 is 7.81. The van der Waals surface area contributed by atoms with Crippen LogP contribution in [0.3, 0.4) is 0 Å². The van der Waals surface area contributed by atoms with Crippen molar-refractivity contribution in [3.05, 3.63) is 18.5 Å². The van der Waals surface area contributed by atoms with Gasteiger partial charge in [-0.1, -0.05) is 20.4 Å². The standard InChI is InChI=1S/C18H32N6O/c1-4-7-22-8-10-23(11-9-22)17(13-15(2)3)18-19-20-21-24(18)14-16-6-5-12-25-16/h4,15-17H,1,5-14H2,2-3H3/p+2/t16-,17-/m1/s1. The zero-order valence-corrected chi connectivity index (χ0v) is 15.8. The molecule has 25 heavy (non-hydrogen) atoms. The van der Waals surface area contributed by atoms with Gasteiger partial charge in [0.25, 0.3) is 0 Å². The molecule has 3 rings (SSSR count). The Labute approximate surface area is 151 Å². The minimum absolute atomic E-state index is 0.269. The minimum Gasteiger partial charge on any atom is -0.376 e. The minimum atomic E-state index is 0.269. The van der Waals surface area contributed by atoms with E-state index in [1.54, 1.807) is 9.80 Å². The van der Waals surface area contributed by atoms with Crippen LogP contribution in [-0.4, -0.2) is 65.6 Å². The van der Waals surface area contributed by atoms with Gasteiger partial charge in [0.05, 0.1) is 19.2 Å². The molecule has 0 aromatic carbocycles. The smallest absolute Gasteiger partial charge is 0.209 e. The zero-order valence-electron chi connectivity index (χ0n) is 15.8. The quantitative estimate of drug-likeness (QED) is 0.585. The highest BCUT2D eigenvalue weighted by molar-refractivity contribution is 4.89. The first-order chi connectivity index (χ1) is 12.2. The summed E-state index contributed by atoms with van der Waals surface area (Å²) in [5, 5.41) is 12.7. The number of ether oxygens (including phenoxy) is 1. The van der Waals surface area contributed by atoms with Crippen LogP contribution in [0.4, 0.5) is 0 Å². The molecule has 1 aromatic rings. The van der Waals surface area contributed by atoms with Crippen LogP contribution in [0, 0.1) is 5.92 Å². The summed E-state index contributed by atoms with van der Waals surface area (Å²) in [6.07, 6.45) is 5.69. The van der Waals surface area contributed by atoms with E-state index >= 15 is 0 Å². The first-order valence-corrected chi connectivity index (χ1v) is 9.84. The first kappa shape index (κ1) is 18.5. The van der Waals surface area contributed by atoms with Crippen molar-refractivity contribution in [3.63, 3.8) is 0 Å². The molecule has 0 aliphatic carbocycles. The van der Waals surface area contributed by atoms with E-state index in [0.717, 1.165) is 44.8 Å². The molecule has 3 heterocycles. The molecule has 0 radical (unpaired) electrons. The maximum Gasteiger partial charge on any atom is 0.209 e. The molecule has 7 heteroatoms. The lowest BCUT2D eigenvalue weighted by atomic mass is 10.0. The van der Waals surface area contributed by atoms with E-state index in [4.69, 9.17) is 4.74 Å². The molecule has 0 bridgehead atoms. The highest BCUT2D eigenvalue weighted by atomic mass is 16.5. The van der Waals surface area contributed by atoms with Gasteiger partial charge in [-0.3, -0.25) is 0 Å². The summed E-state index contributed by atoms with van der Waals surface area (Å²) in [5.41, 5.74) is 0. The molecule has 0 unspecified atom stereocenters. The maximum absolute atomic E-state index is 5.79. The van der Waals surface area contributed by atoms with E-state index in [2.05, 4.69) is 36.0 Å². The zero-order chi connectivity index (χ0) is 17.6. The normalized spacial score (nSPS) is 28.4. The Morgan fingerprint density at radius 1 is 1.32 bits per heavy atom. The van der Waals surface area contributed by atoms with Crippen LogP contribution in [0.5, 0.6) is 0 Å². The van der Waals surface area contributed by atoms with E-state index in [1.165, 1.54) is 26.2 Å². The van der Waals surface area contributed by atoms with Gasteiger partial charge in [-0.15, -0.1) is 5.10 Å². The number of hydrogen-bond acceptors (Lipinski definition) is 4. The van der Waals surface area contributed by atoms with Crippen molar-refractivity contribution in [1.82, 2.24) is 20.2 Å². The fourth-order valence-corrected chi connectivity index (χ4v) is 4.18. The van der Waals surface area contributed by atoms with Crippen molar-refractivity contribution in [2.24, 2.45) is 5.92 Å². The molecule has 0 spiro atoms. The second-order valence-corrected chi connectivity index (χ2v) is 7.94. The second kappa shape index (κ2) is 8.87. The van der Waals surface area contributed by atoms with Gasteiger partial charge >= 0.3 is 0 Å². The largest absolute Gasteiger partial charge is 0.376 e. The van der Waals surface area contributed by atoms with Gasteiger partial charge in [-0.05, 0) is 35.3 Å². The number of nitrogens with zero attached hydrogens (tertiary/aromatic N) is 4. The van der Waals surface area contributed by atoms with E-state index in [0.29, 0.717) is 12.0 Å². The van der Waals surface area contributed by atoms with Gasteiger partial charge in [0.1, 0.15) is 26.2 Å². The molecule has 2 aliphatic rings. The van der Waals surface area contributed by atoms with Crippen molar-refractivity contribution in [2.45, 2.75) is 51.8 Å². The van der Waals surface area contributed by atoms with Crippen LogP contribution in [0.25, 0.3) is 0 Å². The third-order valence-corrected chi connectivity index (χ3v) is 5.50. The monoisotopic (exact) mass is 350 g/mol. The highest BCUT2D eigenvalue weighted by Crippen LogP contribution is 2.19. The predicted octanol–water partition coefficient (Wildman–Crippen LogP) is -1.09. The van der Waals surface area contributed by atoms with E-state index in [1.807, 2.05) is 10.8 Å². The summed E-state index contributed by atoms with van der Waals surface area (Å²) in [6.45, 7) is 15.9. The fraction of sp³-hybridized carbons (Fsp3) is 0.833. The summed E-state index contributed by atoms with van der Waals surface area (Å²) >= 11 is 0. The lowest BCUT2D eigenvalue weighted by Crippen LogP contribution is -3.28. The van der Waals surface area contributed by atoms with E-state index < -0.39 is 0 Å². The van der Waals surface area contributed by atoms with Gasteiger partial charge in [0, 0.05) is 13.0 Å². The van der Waals surface area contributed by atoms with Crippen LogP contribution in [0.15, 0.2) is 12.7 Å². The Morgan fingerprint density at radius 2 is 2.12 bits per heavy atom. The number of nitrogens with one attached hydrogen (secondary N) is 2. The number of rotatable bonds is 8. The lowest BCUT2D eigenvalue weighted by Gasteiger charge is -2.34. The molecule has 140 valence electrons. The molecule has 7 nitrogen and oxygen atoms in total. The topological polar surface area (TPSA) is 61.7 Å². The van der Waals surface area contributed by atoms with Crippen LogP contribution in [0.2, 0.25) is 0 Å². The van der Waals surface area contributed by atoms with Crippen LogP contribution >= 0.6 is 0 Å². The molecule has 1 aromatic heterocycles. The molecule has 2 saturated heterocycles. The third kappa shape index (κ3) is 4.86. The first-order valence-electron chi connectivity index (χ1n) is 9.84. The van der Waals surface area contributed by atoms with Gasteiger partial charge in [-0.2, -0.15) is 0 Å². The predicted molar refractivity (Wildman–Crippen MR) is 95.4 cm³/mol. The number of hydrogen-bond donors (Lipinski definition) is 2. The average Bonchev–Trinajstić information content (AvgIpc) is 3.26. The number of tetrazole rings is 1. The van der Waals surface area contributed by atoms with Crippen molar-refractivity contribution in [3.8, 4) is 0 Å². The summed E-state index contributed by atoms with van der Waals surface area (Å²) in [5.74, 6) is 1.68. The van der Waals surface area contributed by atoms with Gasteiger partial charge in [0.2, 0.25) is 5.82 Å². The van der Waals surface area contributed by atoms with E-state index in [9.17, 15) is 0 Å². The van der Waals surface area contributed by atoms with Gasteiger partial charge in [-0.25, -0.2) is 4.68 Å². The Balaban J connectivity index is 1.70. The van der Waals surface area contributed by atoms with Gasteiger partial charge < -0.3 is 14.5 Å². The fourth-order valence-electron chi connectivity index (χ4n) is 4.18. The SMILES string of the molecule is C=CC[NH+]1CC[NH+]([C@H](CC(C)C)c2nnnn2C[C@H]2CCCO2)CC1. The van der Waals surface area contributed by atoms with Crippen molar-refractivity contribution in [1.29, 1.82) is 0 Å². The molecule has 0 saturated carbocycles.